The van der Waals surface area contributed by atoms with Crippen LogP contribution in [0.5, 0.6) is 0 Å². The van der Waals surface area contributed by atoms with Gasteiger partial charge in [-0.3, -0.25) is 4.79 Å². The molecule has 0 aliphatic rings. The van der Waals surface area contributed by atoms with Gasteiger partial charge in [-0.05, 0) is 36.4 Å². The highest BCUT2D eigenvalue weighted by molar-refractivity contribution is 6.30. The van der Waals surface area contributed by atoms with Gasteiger partial charge in [-0.15, -0.1) is 0 Å². The zero-order valence-corrected chi connectivity index (χ0v) is 11.9. The van der Waals surface area contributed by atoms with Gasteiger partial charge in [0.05, 0.1) is 0 Å². The van der Waals surface area contributed by atoms with E-state index in [0.29, 0.717) is 16.5 Å². The number of amides is 1. The Hall–Kier alpha value is -2.91. The number of pyridine rings is 1. The van der Waals surface area contributed by atoms with Crippen LogP contribution in [0.1, 0.15) is 0 Å². The van der Waals surface area contributed by atoms with Crippen molar-refractivity contribution in [2.75, 3.05) is 10.6 Å². The molecule has 7 heteroatoms. The number of rotatable bonds is 4. The number of nitrogens with zero attached hydrogens (tertiary/aromatic N) is 2. The molecule has 0 saturated carbocycles. The second-order valence-corrected chi connectivity index (χ2v) is 4.57. The van der Waals surface area contributed by atoms with Crippen LogP contribution in [0.3, 0.4) is 0 Å². The Morgan fingerprint density at radius 2 is 2.05 bits per heavy atom. The first kappa shape index (κ1) is 15.5. The highest BCUT2D eigenvalue weighted by Gasteiger charge is 2.09. The first-order chi connectivity index (χ1) is 10.6. The summed E-state index contributed by atoms with van der Waals surface area (Å²) < 4.78 is 12.8. The molecule has 0 spiro atoms. The Balaban J connectivity index is 2.07. The standard InChI is InChI=1S/C15H10ClFN4O/c16-11-5-6-19-14(7-11)20-9-10(8-18)15(22)21-13-3-1-12(17)2-4-13/h1-7,9H,(H,19,20)(H,21,22)/b10-9-. The van der Waals surface area contributed by atoms with E-state index >= 15 is 0 Å². The molecule has 2 N–H and O–H groups in total. The molecule has 1 aromatic heterocycles. The molecule has 2 aromatic rings. The van der Waals surface area contributed by atoms with E-state index in [1.54, 1.807) is 18.2 Å². The van der Waals surface area contributed by atoms with Gasteiger partial charge < -0.3 is 10.6 Å². The second-order valence-electron chi connectivity index (χ2n) is 4.13. The molecule has 0 fully saturated rings. The molecule has 1 heterocycles. The highest BCUT2D eigenvalue weighted by atomic mass is 35.5. The molecule has 1 aromatic carbocycles. The van der Waals surface area contributed by atoms with Crippen molar-refractivity contribution in [2.24, 2.45) is 0 Å². The maximum atomic E-state index is 12.8. The number of nitrogens with one attached hydrogen (secondary N) is 2. The van der Waals surface area contributed by atoms with E-state index in [2.05, 4.69) is 15.6 Å². The maximum Gasteiger partial charge on any atom is 0.267 e. The summed E-state index contributed by atoms with van der Waals surface area (Å²) in [6.45, 7) is 0. The van der Waals surface area contributed by atoms with E-state index in [4.69, 9.17) is 16.9 Å². The highest BCUT2D eigenvalue weighted by Crippen LogP contribution is 2.13. The lowest BCUT2D eigenvalue weighted by Gasteiger charge is -2.05. The summed E-state index contributed by atoms with van der Waals surface area (Å²) in [5.74, 6) is -0.638. The van der Waals surface area contributed by atoms with Crippen molar-refractivity contribution < 1.29 is 9.18 Å². The smallest absolute Gasteiger partial charge is 0.267 e. The number of benzene rings is 1. The van der Waals surface area contributed by atoms with E-state index in [9.17, 15) is 9.18 Å². The van der Waals surface area contributed by atoms with Gasteiger partial charge in [-0.2, -0.15) is 5.26 Å². The topological polar surface area (TPSA) is 77.8 Å². The molecule has 22 heavy (non-hydrogen) atoms. The van der Waals surface area contributed by atoms with E-state index < -0.39 is 11.7 Å². The van der Waals surface area contributed by atoms with Crippen molar-refractivity contribution in [1.82, 2.24) is 4.98 Å². The van der Waals surface area contributed by atoms with Crippen LogP contribution in [0.15, 0.2) is 54.4 Å². The molecule has 0 unspecified atom stereocenters. The van der Waals surface area contributed by atoms with Gasteiger partial charge in [0.25, 0.3) is 5.91 Å². The molecule has 0 radical (unpaired) electrons. The van der Waals surface area contributed by atoms with Gasteiger partial charge in [0.2, 0.25) is 0 Å². The summed E-state index contributed by atoms with van der Waals surface area (Å²) in [5.41, 5.74) is 0.222. The average molecular weight is 317 g/mol. The number of hydrogen-bond donors (Lipinski definition) is 2. The molecule has 0 saturated heterocycles. The van der Waals surface area contributed by atoms with Crippen LogP contribution in [0.4, 0.5) is 15.9 Å². The molecule has 2 rings (SSSR count). The zero-order valence-electron chi connectivity index (χ0n) is 11.2. The third kappa shape index (κ3) is 4.30. The molecule has 0 atom stereocenters. The van der Waals surface area contributed by atoms with Crippen LogP contribution in [0.25, 0.3) is 0 Å². The lowest BCUT2D eigenvalue weighted by molar-refractivity contribution is -0.112. The van der Waals surface area contributed by atoms with Gasteiger partial charge in [-0.1, -0.05) is 11.6 Å². The fourth-order valence-corrected chi connectivity index (χ4v) is 1.67. The first-order valence-corrected chi connectivity index (χ1v) is 6.51. The fraction of sp³-hybridized carbons (Fsp3) is 0. The summed E-state index contributed by atoms with van der Waals surface area (Å²) >= 11 is 5.80. The summed E-state index contributed by atoms with van der Waals surface area (Å²) in [7, 11) is 0. The van der Waals surface area contributed by atoms with Crippen molar-refractivity contribution >= 4 is 29.0 Å². The zero-order chi connectivity index (χ0) is 15.9. The van der Waals surface area contributed by atoms with E-state index in [0.717, 1.165) is 0 Å². The van der Waals surface area contributed by atoms with Crippen LogP contribution in [-0.2, 0) is 4.79 Å². The van der Waals surface area contributed by atoms with Gasteiger partial charge in [0.15, 0.2) is 0 Å². The first-order valence-electron chi connectivity index (χ1n) is 6.14. The van der Waals surface area contributed by atoms with Crippen LogP contribution < -0.4 is 10.6 Å². The maximum absolute atomic E-state index is 12.8. The number of anilines is 2. The van der Waals surface area contributed by atoms with Crippen LogP contribution in [0, 0.1) is 17.1 Å². The van der Waals surface area contributed by atoms with Crippen molar-refractivity contribution in [3.05, 3.63) is 65.2 Å². The molecule has 0 aliphatic carbocycles. The number of hydrogen-bond acceptors (Lipinski definition) is 4. The summed E-state index contributed by atoms with van der Waals surface area (Å²) in [4.78, 5) is 15.9. The van der Waals surface area contributed by atoms with E-state index in [-0.39, 0.29) is 5.57 Å². The molecular weight excluding hydrogens is 307 g/mol. The molecule has 0 bridgehead atoms. The van der Waals surface area contributed by atoms with Gasteiger partial charge >= 0.3 is 0 Å². The lowest BCUT2D eigenvalue weighted by atomic mass is 10.2. The quantitative estimate of drug-likeness (QED) is 0.670. The summed E-state index contributed by atoms with van der Waals surface area (Å²) in [6.07, 6.45) is 2.71. The monoisotopic (exact) mass is 316 g/mol. The average Bonchev–Trinajstić information content (AvgIpc) is 2.50. The molecule has 110 valence electrons. The van der Waals surface area contributed by atoms with Crippen molar-refractivity contribution in [3.63, 3.8) is 0 Å². The van der Waals surface area contributed by atoms with Crippen LogP contribution in [-0.4, -0.2) is 10.9 Å². The number of carbonyl (C=O) groups excluding carboxylic acids is 1. The number of aromatic nitrogens is 1. The Bertz CT molecular complexity index is 753. The number of halogens is 2. The predicted molar refractivity (Wildman–Crippen MR) is 81.6 cm³/mol. The Morgan fingerprint density at radius 1 is 1.32 bits per heavy atom. The van der Waals surface area contributed by atoms with Crippen molar-refractivity contribution in [2.45, 2.75) is 0 Å². The fourth-order valence-electron chi connectivity index (χ4n) is 1.51. The molecule has 5 nitrogen and oxygen atoms in total. The summed E-state index contributed by atoms with van der Waals surface area (Å²) in [6, 6.07) is 10.1. The largest absolute Gasteiger partial charge is 0.345 e. The second kappa shape index (κ2) is 7.20. The normalized spacial score (nSPS) is 10.7. The number of nitriles is 1. The minimum Gasteiger partial charge on any atom is -0.345 e. The van der Waals surface area contributed by atoms with E-state index in [1.165, 1.54) is 36.7 Å². The molecule has 1 amide bonds. The summed E-state index contributed by atoms with van der Waals surface area (Å²) in [5, 5.41) is 14.7. The Kier molecular flexibility index (Phi) is 5.07. The number of carbonyl (C=O) groups is 1. The van der Waals surface area contributed by atoms with E-state index in [1.807, 2.05) is 0 Å². The van der Waals surface area contributed by atoms with Crippen molar-refractivity contribution in [1.29, 1.82) is 5.26 Å². The minimum atomic E-state index is -0.622. The molecular formula is C15H10ClFN4O. The van der Waals surface area contributed by atoms with Gasteiger partial charge in [0.1, 0.15) is 23.3 Å². The van der Waals surface area contributed by atoms with Gasteiger partial charge in [0, 0.05) is 23.1 Å². The van der Waals surface area contributed by atoms with Gasteiger partial charge in [-0.25, -0.2) is 9.37 Å². The Labute approximate surface area is 131 Å². The van der Waals surface area contributed by atoms with Crippen molar-refractivity contribution in [3.8, 4) is 6.07 Å². The third-order valence-corrected chi connectivity index (χ3v) is 2.79. The van der Waals surface area contributed by atoms with Crippen LogP contribution in [0.2, 0.25) is 5.02 Å². The van der Waals surface area contributed by atoms with Crippen LogP contribution >= 0.6 is 11.6 Å². The SMILES string of the molecule is N#C/C(=C/Nc1cc(Cl)ccn1)C(=O)Nc1ccc(F)cc1. The third-order valence-electron chi connectivity index (χ3n) is 2.55. The predicted octanol–water partition coefficient (Wildman–Crippen LogP) is 3.33. The molecule has 0 aliphatic heterocycles. The lowest BCUT2D eigenvalue weighted by Crippen LogP contribution is -2.14. The minimum absolute atomic E-state index is 0.161. The Morgan fingerprint density at radius 3 is 2.68 bits per heavy atom.